The molecule has 2 N–H and O–H groups in total. The lowest BCUT2D eigenvalue weighted by atomic mass is 10.0. The van der Waals surface area contributed by atoms with Crippen molar-refractivity contribution in [2.45, 2.75) is 38.0 Å². The van der Waals surface area contributed by atoms with Crippen LogP contribution in [0.2, 0.25) is 0 Å². The van der Waals surface area contributed by atoms with Crippen molar-refractivity contribution >= 4 is 23.4 Å². The summed E-state index contributed by atoms with van der Waals surface area (Å²) in [7, 11) is 0. The molecule has 1 saturated heterocycles. The average molecular weight is 278 g/mol. The van der Waals surface area contributed by atoms with Crippen LogP contribution in [0.15, 0.2) is 24.3 Å². The molecule has 1 aliphatic rings. The van der Waals surface area contributed by atoms with Crippen molar-refractivity contribution in [2.75, 3.05) is 18.0 Å². The molecule has 1 aromatic rings. The standard InChI is InChI=1S/C15H22N2OS/c1-3-17(11-12-6-4-7-13(16)10-12)14(18)15(2)8-5-9-19-15/h4,6-7,10H,3,5,8-9,11,16H2,1-2H3. The van der Waals surface area contributed by atoms with Crippen molar-refractivity contribution in [3.63, 3.8) is 0 Å². The molecule has 1 heterocycles. The number of thioether (sulfide) groups is 1. The number of hydrogen-bond donors (Lipinski definition) is 1. The molecule has 1 aromatic carbocycles. The van der Waals surface area contributed by atoms with E-state index in [9.17, 15) is 4.79 Å². The number of amides is 1. The number of benzene rings is 1. The van der Waals surface area contributed by atoms with Crippen molar-refractivity contribution in [3.05, 3.63) is 29.8 Å². The molecule has 1 aliphatic heterocycles. The number of hydrogen-bond acceptors (Lipinski definition) is 3. The van der Waals surface area contributed by atoms with Crippen molar-refractivity contribution in [1.29, 1.82) is 0 Å². The van der Waals surface area contributed by atoms with E-state index >= 15 is 0 Å². The van der Waals surface area contributed by atoms with E-state index in [-0.39, 0.29) is 10.7 Å². The Bertz CT molecular complexity index is 455. The summed E-state index contributed by atoms with van der Waals surface area (Å²) in [5.74, 6) is 1.36. The van der Waals surface area contributed by atoms with Crippen LogP contribution in [0.5, 0.6) is 0 Å². The predicted molar refractivity (Wildman–Crippen MR) is 82.0 cm³/mol. The number of carbonyl (C=O) groups excluding carboxylic acids is 1. The van der Waals surface area contributed by atoms with E-state index in [4.69, 9.17) is 5.73 Å². The molecule has 1 unspecified atom stereocenters. The highest BCUT2D eigenvalue weighted by Crippen LogP contribution is 2.39. The molecule has 1 atom stereocenters. The number of rotatable bonds is 4. The predicted octanol–water partition coefficient (Wildman–Crippen LogP) is 2.90. The maximum Gasteiger partial charge on any atom is 0.238 e. The molecule has 0 radical (unpaired) electrons. The molecular formula is C15H22N2OS. The topological polar surface area (TPSA) is 46.3 Å². The van der Waals surface area contributed by atoms with Crippen LogP contribution >= 0.6 is 11.8 Å². The van der Waals surface area contributed by atoms with Gasteiger partial charge in [-0.1, -0.05) is 12.1 Å². The minimum atomic E-state index is -0.226. The number of nitrogen functional groups attached to an aromatic ring is 1. The van der Waals surface area contributed by atoms with Gasteiger partial charge in [-0.3, -0.25) is 4.79 Å². The van der Waals surface area contributed by atoms with Crippen LogP contribution in [0.25, 0.3) is 0 Å². The Kier molecular flexibility index (Phi) is 4.40. The van der Waals surface area contributed by atoms with Crippen molar-refractivity contribution in [2.24, 2.45) is 0 Å². The molecule has 0 aromatic heterocycles. The van der Waals surface area contributed by atoms with Gasteiger partial charge < -0.3 is 10.6 Å². The monoisotopic (exact) mass is 278 g/mol. The second-order valence-corrected chi connectivity index (χ2v) is 6.85. The molecule has 1 fully saturated rings. The Balaban J connectivity index is 2.10. The summed E-state index contributed by atoms with van der Waals surface area (Å²) in [6, 6.07) is 7.78. The van der Waals surface area contributed by atoms with E-state index < -0.39 is 0 Å². The minimum absolute atomic E-state index is 0.226. The smallest absolute Gasteiger partial charge is 0.238 e. The summed E-state index contributed by atoms with van der Waals surface area (Å²) >= 11 is 1.79. The molecule has 0 spiro atoms. The van der Waals surface area contributed by atoms with Gasteiger partial charge in [0.05, 0.1) is 4.75 Å². The van der Waals surface area contributed by atoms with Crippen LogP contribution in [0.3, 0.4) is 0 Å². The van der Waals surface area contributed by atoms with Gasteiger partial charge in [0.15, 0.2) is 0 Å². The average Bonchev–Trinajstić information content (AvgIpc) is 2.83. The Morgan fingerprint density at radius 1 is 1.53 bits per heavy atom. The van der Waals surface area contributed by atoms with E-state index in [2.05, 4.69) is 6.92 Å². The Morgan fingerprint density at radius 2 is 2.32 bits per heavy atom. The summed E-state index contributed by atoms with van der Waals surface area (Å²) in [4.78, 5) is 14.6. The van der Waals surface area contributed by atoms with Crippen LogP contribution < -0.4 is 5.73 Å². The van der Waals surface area contributed by atoms with Crippen LogP contribution in [-0.4, -0.2) is 27.9 Å². The van der Waals surface area contributed by atoms with Crippen molar-refractivity contribution in [1.82, 2.24) is 4.90 Å². The summed E-state index contributed by atoms with van der Waals surface area (Å²) in [5.41, 5.74) is 7.64. The third-order valence-electron chi connectivity index (χ3n) is 3.66. The second kappa shape index (κ2) is 5.87. The van der Waals surface area contributed by atoms with Crippen LogP contribution in [0.4, 0.5) is 5.69 Å². The molecule has 104 valence electrons. The molecule has 1 amide bonds. The van der Waals surface area contributed by atoms with Gasteiger partial charge in [-0.2, -0.15) is 0 Å². The van der Waals surface area contributed by atoms with Gasteiger partial charge in [0.1, 0.15) is 0 Å². The highest BCUT2D eigenvalue weighted by Gasteiger charge is 2.39. The van der Waals surface area contributed by atoms with Gasteiger partial charge in [0, 0.05) is 18.8 Å². The lowest BCUT2D eigenvalue weighted by Gasteiger charge is -2.30. The Morgan fingerprint density at radius 3 is 2.89 bits per heavy atom. The molecule has 4 heteroatoms. The summed E-state index contributed by atoms with van der Waals surface area (Å²) in [6.07, 6.45) is 2.13. The second-order valence-electron chi connectivity index (χ2n) is 5.25. The number of nitrogens with zero attached hydrogens (tertiary/aromatic N) is 1. The van der Waals surface area contributed by atoms with Crippen molar-refractivity contribution in [3.8, 4) is 0 Å². The fourth-order valence-corrected chi connectivity index (χ4v) is 3.80. The lowest BCUT2D eigenvalue weighted by molar-refractivity contribution is -0.133. The van der Waals surface area contributed by atoms with Gasteiger partial charge in [-0.15, -0.1) is 11.8 Å². The summed E-state index contributed by atoms with van der Waals surface area (Å²) in [5, 5.41) is 0. The third kappa shape index (κ3) is 3.24. The SMILES string of the molecule is CCN(Cc1cccc(N)c1)C(=O)C1(C)CCCS1. The Labute approximate surface area is 119 Å². The molecule has 0 bridgehead atoms. The van der Waals surface area contributed by atoms with Gasteiger partial charge in [0.25, 0.3) is 0 Å². The first kappa shape index (κ1) is 14.3. The molecule has 0 aliphatic carbocycles. The first-order valence-electron chi connectivity index (χ1n) is 6.83. The van der Waals surface area contributed by atoms with Crippen LogP contribution in [0, 0.1) is 0 Å². The molecular weight excluding hydrogens is 256 g/mol. The highest BCUT2D eigenvalue weighted by atomic mass is 32.2. The summed E-state index contributed by atoms with van der Waals surface area (Å²) in [6.45, 7) is 5.50. The van der Waals surface area contributed by atoms with Gasteiger partial charge >= 0.3 is 0 Å². The van der Waals surface area contributed by atoms with Crippen LogP contribution in [0.1, 0.15) is 32.3 Å². The number of nitrogens with two attached hydrogens (primary N) is 1. The fraction of sp³-hybridized carbons (Fsp3) is 0.533. The van der Waals surface area contributed by atoms with Crippen molar-refractivity contribution < 1.29 is 4.79 Å². The molecule has 3 nitrogen and oxygen atoms in total. The zero-order chi connectivity index (χ0) is 13.9. The normalized spacial score (nSPS) is 22.4. The number of carbonyl (C=O) groups is 1. The van der Waals surface area contributed by atoms with E-state index in [1.54, 1.807) is 11.8 Å². The zero-order valence-corrected chi connectivity index (χ0v) is 12.5. The molecule has 2 rings (SSSR count). The van der Waals surface area contributed by atoms with Gasteiger partial charge in [0.2, 0.25) is 5.91 Å². The van der Waals surface area contributed by atoms with E-state index in [0.717, 1.165) is 36.4 Å². The molecule has 19 heavy (non-hydrogen) atoms. The highest BCUT2D eigenvalue weighted by molar-refractivity contribution is 8.01. The maximum atomic E-state index is 12.7. The van der Waals surface area contributed by atoms with E-state index in [1.807, 2.05) is 36.1 Å². The zero-order valence-electron chi connectivity index (χ0n) is 11.7. The van der Waals surface area contributed by atoms with E-state index in [0.29, 0.717) is 6.54 Å². The summed E-state index contributed by atoms with van der Waals surface area (Å²) < 4.78 is -0.226. The minimum Gasteiger partial charge on any atom is -0.399 e. The first-order chi connectivity index (χ1) is 9.05. The largest absolute Gasteiger partial charge is 0.399 e. The lowest BCUT2D eigenvalue weighted by Crippen LogP contribution is -2.43. The quantitative estimate of drug-likeness (QED) is 0.861. The van der Waals surface area contributed by atoms with Gasteiger partial charge in [-0.25, -0.2) is 0 Å². The first-order valence-corrected chi connectivity index (χ1v) is 7.81. The molecule has 0 saturated carbocycles. The van der Waals surface area contributed by atoms with Crippen LogP contribution in [-0.2, 0) is 11.3 Å². The van der Waals surface area contributed by atoms with E-state index in [1.165, 1.54) is 0 Å². The third-order valence-corrected chi connectivity index (χ3v) is 5.17. The fourth-order valence-electron chi connectivity index (χ4n) is 2.52. The van der Waals surface area contributed by atoms with Gasteiger partial charge in [-0.05, 0) is 50.1 Å². The number of anilines is 1. The Hall–Kier alpha value is -1.16. The maximum absolute atomic E-state index is 12.7.